The van der Waals surface area contributed by atoms with Gasteiger partial charge >= 0.3 is 0 Å². The first-order valence-electron chi connectivity index (χ1n) is 5.30. The minimum Gasteiger partial charge on any atom is -0.341 e. The highest BCUT2D eigenvalue weighted by Crippen LogP contribution is 2.17. The van der Waals surface area contributed by atoms with Gasteiger partial charge in [0.1, 0.15) is 5.82 Å². The van der Waals surface area contributed by atoms with E-state index in [1.165, 1.54) is 6.07 Å². The maximum atomic E-state index is 13.6. The van der Waals surface area contributed by atoms with E-state index in [4.69, 9.17) is 23.2 Å². The lowest BCUT2D eigenvalue weighted by atomic mass is 10.2. The van der Waals surface area contributed by atoms with Crippen LogP contribution < -0.4 is 0 Å². The average molecular weight is 286 g/mol. The summed E-state index contributed by atoms with van der Waals surface area (Å²) in [7, 11) is 0. The number of halogens is 3. The number of carbonyl (C=O) groups is 1. The van der Waals surface area contributed by atoms with Crippen LogP contribution in [0, 0.1) is 5.82 Å². The number of hydrogen-bond donors (Lipinski definition) is 0. The van der Waals surface area contributed by atoms with Gasteiger partial charge in [0.05, 0.1) is 18.1 Å². The molecule has 2 aromatic rings. The third-order valence-electron chi connectivity index (χ3n) is 2.59. The summed E-state index contributed by atoms with van der Waals surface area (Å²) >= 11 is 11.2. The van der Waals surface area contributed by atoms with Crippen molar-refractivity contribution in [3.05, 3.63) is 58.6 Å². The van der Waals surface area contributed by atoms with Gasteiger partial charge in [-0.15, -0.1) is 11.6 Å². The van der Waals surface area contributed by atoms with Crippen molar-refractivity contribution in [1.29, 1.82) is 0 Å². The Morgan fingerprint density at radius 3 is 2.78 bits per heavy atom. The predicted octanol–water partition coefficient (Wildman–Crippen LogP) is 3.75. The number of rotatable bonds is 4. The van der Waals surface area contributed by atoms with Crippen molar-refractivity contribution in [2.45, 2.75) is 6.54 Å². The molecule has 0 bridgehead atoms. The lowest BCUT2D eigenvalue weighted by Crippen LogP contribution is -2.11. The molecule has 1 heterocycles. The Bertz CT molecular complexity index is 580. The minimum atomic E-state index is -0.388. The standard InChI is InChI=1S/C13H10Cl2FNO/c14-7-13(18)12-2-1-5-17(12)8-9-3-4-10(15)6-11(9)16/h1-6H,7-8H2. The normalized spacial score (nSPS) is 10.6. The fraction of sp³-hybridized carbons (Fsp3) is 0.154. The van der Waals surface area contributed by atoms with Crippen molar-refractivity contribution < 1.29 is 9.18 Å². The van der Waals surface area contributed by atoms with Gasteiger partial charge in [-0.05, 0) is 24.3 Å². The largest absolute Gasteiger partial charge is 0.341 e. The quantitative estimate of drug-likeness (QED) is 0.619. The van der Waals surface area contributed by atoms with Gasteiger partial charge in [0.15, 0.2) is 5.78 Å². The minimum absolute atomic E-state index is 0.0902. The molecule has 0 amide bonds. The fourth-order valence-corrected chi connectivity index (χ4v) is 2.00. The summed E-state index contributed by atoms with van der Waals surface area (Å²) in [6.07, 6.45) is 1.72. The van der Waals surface area contributed by atoms with Gasteiger partial charge in [-0.25, -0.2) is 4.39 Å². The third kappa shape index (κ3) is 2.74. The molecule has 0 radical (unpaired) electrons. The van der Waals surface area contributed by atoms with Crippen LogP contribution in [0.25, 0.3) is 0 Å². The second kappa shape index (κ2) is 5.55. The molecule has 0 N–H and O–H groups in total. The van der Waals surface area contributed by atoms with Crippen LogP contribution in [0.1, 0.15) is 16.1 Å². The molecule has 18 heavy (non-hydrogen) atoms. The molecule has 0 aliphatic rings. The Morgan fingerprint density at radius 1 is 1.33 bits per heavy atom. The van der Waals surface area contributed by atoms with Crippen molar-refractivity contribution in [2.75, 3.05) is 5.88 Å². The van der Waals surface area contributed by atoms with Crippen molar-refractivity contribution in [2.24, 2.45) is 0 Å². The molecule has 0 fully saturated rings. The summed E-state index contributed by atoms with van der Waals surface area (Å²) in [5.41, 5.74) is 0.943. The monoisotopic (exact) mass is 285 g/mol. The number of ketones is 1. The molecular weight excluding hydrogens is 276 g/mol. The number of carbonyl (C=O) groups excluding carboxylic acids is 1. The molecule has 0 spiro atoms. The number of nitrogens with zero attached hydrogens (tertiary/aromatic N) is 1. The van der Waals surface area contributed by atoms with Gasteiger partial charge in [0.2, 0.25) is 0 Å². The summed E-state index contributed by atoms with van der Waals surface area (Å²) < 4.78 is 15.3. The van der Waals surface area contributed by atoms with E-state index in [2.05, 4.69) is 0 Å². The van der Waals surface area contributed by atoms with E-state index in [-0.39, 0.29) is 24.0 Å². The maximum Gasteiger partial charge on any atom is 0.193 e. The first-order valence-corrected chi connectivity index (χ1v) is 6.21. The van der Waals surface area contributed by atoms with Crippen LogP contribution >= 0.6 is 23.2 Å². The first-order chi connectivity index (χ1) is 8.61. The van der Waals surface area contributed by atoms with Gasteiger partial charge in [-0.2, -0.15) is 0 Å². The molecule has 0 unspecified atom stereocenters. The van der Waals surface area contributed by atoms with Crippen LogP contribution in [0.3, 0.4) is 0 Å². The van der Waals surface area contributed by atoms with E-state index >= 15 is 0 Å². The molecule has 0 aliphatic heterocycles. The highest BCUT2D eigenvalue weighted by atomic mass is 35.5. The molecule has 0 saturated carbocycles. The molecule has 5 heteroatoms. The number of aromatic nitrogens is 1. The third-order valence-corrected chi connectivity index (χ3v) is 3.07. The molecule has 0 aliphatic carbocycles. The average Bonchev–Trinajstić information content (AvgIpc) is 2.80. The molecule has 2 rings (SSSR count). The fourth-order valence-electron chi connectivity index (χ4n) is 1.71. The Morgan fingerprint density at radius 2 is 2.11 bits per heavy atom. The van der Waals surface area contributed by atoms with Crippen LogP contribution in [0.4, 0.5) is 4.39 Å². The molecule has 2 nitrogen and oxygen atoms in total. The van der Waals surface area contributed by atoms with E-state index < -0.39 is 0 Å². The first kappa shape index (κ1) is 13.1. The Kier molecular flexibility index (Phi) is 4.04. The van der Waals surface area contributed by atoms with Crippen molar-refractivity contribution >= 4 is 29.0 Å². The summed E-state index contributed by atoms with van der Waals surface area (Å²) in [5, 5.41) is 0.348. The molecular formula is C13H10Cl2FNO. The van der Waals surface area contributed by atoms with Crippen LogP contribution in [0.2, 0.25) is 5.02 Å². The van der Waals surface area contributed by atoms with Crippen molar-refractivity contribution in [3.8, 4) is 0 Å². The smallest absolute Gasteiger partial charge is 0.193 e. The van der Waals surface area contributed by atoms with E-state index in [0.717, 1.165) is 0 Å². The van der Waals surface area contributed by atoms with E-state index in [0.29, 0.717) is 16.3 Å². The second-order valence-corrected chi connectivity index (χ2v) is 4.52. The highest BCUT2D eigenvalue weighted by molar-refractivity contribution is 6.30. The molecule has 0 saturated heterocycles. The van der Waals surface area contributed by atoms with E-state index in [1.807, 2.05) is 0 Å². The summed E-state index contributed by atoms with van der Waals surface area (Å²) in [6, 6.07) is 7.87. The topological polar surface area (TPSA) is 22.0 Å². The second-order valence-electron chi connectivity index (χ2n) is 3.81. The Labute approximate surface area is 114 Å². The lowest BCUT2D eigenvalue weighted by molar-refractivity contribution is 0.101. The summed E-state index contributed by atoms with van der Waals surface area (Å²) in [4.78, 5) is 11.6. The molecule has 0 atom stereocenters. The zero-order valence-corrected chi connectivity index (χ0v) is 10.9. The predicted molar refractivity (Wildman–Crippen MR) is 70.0 cm³/mol. The van der Waals surface area contributed by atoms with Crippen molar-refractivity contribution in [1.82, 2.24) is 4.57 Å². The van der Waals surface area contributed by atoms with Gasteiger partial charge in [-0.3, -0.25) is 4.79 Å². The maximum absolute atomic E-state index is 13.6. The number of alkyl halides is 1. The van der Waals surface area contributed by atoms with Crippen LogP contribution in [0.5, 0.6) is 0 Å². The van der Waals surface area contributed by atoms with Crippen LogP contribution in [-0.4, -0.2) is 16.2 Å². The number of benzene rings is 1. The molecule has 1 aromatic heterocycles. The van der Waals surface area contributed by atoms with Crippen LogP contribution in [0.15, 0.2) is 36.5 Å². The van der Waals surface area contributed by atoms with Gasteiger partial charge in [0, 0.05) is 16.8 Å². The summed E-state index contributed by atoms with van der Waals surface area (Å²) in [5.74, 6) is -0.663. The highest BCUT2D eigenvalue weighted by Gasteiger charge is 2.11. The van der Waals surface area contributed by atoms with E-state index in [1.54, 1.807) is 35.0 Å². The molecule has 94 valence electrons. The lowest BCUT2D eigenvalue weighted by Gasteiger charge is -2.08. The number of hydrogen-bond acceptors (Lipinski definition) is 1. The van der Waals surface area contributed by atoms with Gasteiger partial charge in [-0.1, -0.05) is 17.7 Å². The Balaban J connectivity index is 2.29. The zero-order valence-electron chi connectivity index (χ0n) is 9.37. The van der Waals surface area contributed by atoms with Gasteiger partial charge in [0.25, 0.3) is 0 Å². The number of Topliss-reactive ketones (excluding diaryl/α,β-unsaturated/α-hetero) is 1. The SMILES string of the molecule is O=C(CCl)c1cccn1Cc1ccc(Cl)cc1F. The zero-order chi connectivity index (χ0) is 13.1. The van der Waals surface area contributed by atoms with Crippen LogP contribution in [-0.2, 0) is 6.54 Å². The van der Waals surface area contributed by atoms with Gasteiger partial charge < -0.3 is 4.57 Å². The Hall–Kier alpha value is -1.32. The molecule has 1 aromatic carbocycles. The van der Waals surface area contributed by atoms with Crippen molar-refractivity contribution in [3.63, 3.8) is 0 Å². The summed E-state index contributed by atoms with van der Waals surface area (Å²) in [6.45, 7) is 0.272. The van der Waals surface area contributed by atoms with E-state index in [9.17, 15) is 9.18 Å².